The Bertz CT molecular complexity index is 506. The number of aliphatic hydroxyl groups is 3. The van der Waals surface area contributed by atoms with Crippen LogP contribution in [0.4, 0.5) is 0 Å². The van der Waals surface area contributed by atoms with Crippen molar-refractivity contribution in [3.05, 3.63) is 24.3 Å². The Balaban J connectivity index is 3.88. The van der Waals surface area contributed by atoms with Gasteiger partial charge in [0.15, 0.2) is 0 Å². The molecule has 0 aromatic heterocycles. The molecular formula is C29H55NO4. The summed E-state index contributed by atoms with van der Waals surface area (Å²) in [5, 5.41) is 32.9. The lowest BCUT2D eigenvalue weighted by Crippen LogP contribution is -2.50. The van der Waals surface area contributed by atoms with Crippen molar-refractivity contribution in [2.75, 3.05) is 6.61 Å². The molecule has 0 aliphatic heterocycles. The highest BCUT2D eigenvalue weighted by atomic mass is 16.3. The van der Waals surface area contributed by atoms with Gasteiger partial charge in [-0.2, -0.15) is 0 Å². The van der Waals surface area contributed by atoms with Gasteiger partial charge < -0.3 is 20.6 Å². The van der Waals surface area contributed by atoms with Crippen LogP contribution in [0.1, 0.15) is 129 Å². The summed E-state index contributed by atoms with van der Waals surface area (Å²) in [6.07, 6.45) is 25.5. The third-order valence-corrected chi connectivity index (χ3v) is 6.27. The lowest BCUT2D eigenvalue weighted by atomic mass is 10.0. The summed E-state index contributed by atoms with van der Waals surface area (Å²) in [5.41, 5.74) is 0. The van der Waals surface area contributed by atoms with Crippen molar-refractivity contribution in [2.24, 2.45) is 0 Å². The van der Waals surface area contributed by atoms with Gasteiger partial charge in [0.25, 0.3) is 0 Å². The Morgan fingerprint density at radius 3 is 1.79 bits per heavy atom. The van der Waals surface area contributed by atoms with E-state index in [1.54, 1.807) is 0 Å². The van der Waals surface area contributed by atoms with Crippen molar-refractivity contribution in [1.82, 2.24) is 5.32 Å². The van der Waals surface area contributed by atoms with Gasteiger partial charge in [-0.25, -0.2) is 0 Å². The van der Waals surface area contributed by atoms with Crippen LogP contribution in [0, 0.1) is 0 Å². The molecule has 0 fully saturated rings. The molecule has 3 unspecified atom stereocenters. The number of hydrogen-bond donors (Lipinski definition) is 4. The molecule has 1 amide bonds. The lowest BCUT2D eigenvalue weighted by molar-refractivity contribution is -0.124. The van der Waals surface area contributed by atoms with Gasteiger partial charge in [-0.05, 0) is 44.9 Å². The van der Waals surface area contributed by atoms with E-state index < -0.39 is 18.2 Å². The van der Waals surface area contributed by atoms with Crippen LogP contribution >= 0.6 is 0 Å². The van der Waals surface area contributed by atoms with E-state index in [1.165, 1.54) is 51.4 Å². The Kier molecular flexibility index (Phi) is 24.1. The first-order valence-corrected chi connectivity index (χ1v) is 14.1. The molecule has 34 heavy (non-hydrogen) atoms. The number of carbonyl (C=O) groups excluding carboxylic acids is 1. The molecule has 0 aliphatic rings. The Hall–Kier alpha value is -1.17. The standard InChI is InChI=1S/C29H55NO4/c1-3-5-7-9-11-13-15-17-19-21-23-27(32)29(34)26(25-31)30-28(33)24-22-20-18-16-14-12-10-8-6-4-2/h7,9,15,17,26-27,29,31-32,34H,3-6,8,10-14,16,18-25H2,1-2H3,(H,30,33)/b9-7+,17-15+. The van der Waals surface area contributed by atoms with Crippen LogP contribution in [0.15, 0.2) is 24.3 Å². The average molecular weight is 482 g/mol. The van der Waals surface area contributed by atoms with E-state index in [9.17, 15) is 20.1 Å². The second kappa shape index (κ2) is 24.9. The zero-order valence-corrected chi connectivity index (χ0v) is 22.2. The lowest BCUT2D eigenvalue weighted by Gasteiger charge is -2.26. The first-order valence-electron chi connectivity index (χ1n) is 14.1. The molecule has 0 radical (unpaired) electrons. The van der Waals surface area contributed by atoms with Crippen LogP contribution in [-0.2, 0) is 4.79 Å². The van der Waals surface area contributed by atoms with Crippen molar-refractivity contribution in [3.63, 3.8) is 0 Å². The second-order valence-electron chi connectivity index (χ2n) is 9.59. The van der Waals surface area contributed by atoms with Crippen LogP contribution in [-0.4, -0.2) is 46.1 Å². The van der Waals surface area contributed by atoms with E-state index in [4.69, 9.17) is 0 Å². The fraction of sp³-hybridized carbons (Fsp3) is 0.828. The van der Waals surface area contributed by atoms with Crippen LogP contribution in [0.3, 0.4) is 0 Å². The van der Waals surface area contributed by atoms with E-state index in [-0.39, 0.29) is 12.5 Å². The normalized spacial score (nSPS) is 14.6. The SMILES string of the molecule is CCC/C=C/CC/C=C/CCCC(O)C(O)C(CO)NC(=O)CCCCCCCCCCCC. The van der Waals surface area contributed by atoms with Gasteiger partial charge in [-0.1, -0.05) is 102 Å². The molecule has 4 N–H and O–H groups in total. The Morgan fingerprint density at radius 2 is 1.24 bits per heavy atom. The second-order valence-corrected chi connectivity index (χ2v) is 9.59. The molecule has 0 rings (SSSR count). The maximum absolute atomic E-state index is 12.2. The number of rotatable bonds is 24. The van der Waals surface area contributed by atoms with Gasteiger partial charge in [-0.15, -0.1) is 0 Å². The average Bonchev–Trinajstić information content (AvgIpc) is 2.84. The van der Waals surface area contributed by atoms with E-state index in [0.29, 0.717) is 12.8 Å². The predicted octanol–water partition coefficient (Wildman–Crippen LogP) is 6.36. The number of aliphatic hydroxyl groups excluding tert-OH is 3. The number of hydrogen-bond acceptors (Lipinski definition) is 4. The summed E-state index contributed by atoms with van der Waals surface area (Å²) >= 11 is 0. The first kappa shape index (κ1) is 32.8. The number of amides is 1. The van der Waals surface area contributed by atoms with Crippen LogP contribution < -0.4 is 5.32 Å². The van der Waals surface area contributed by atoms with E-state index >= 15 is 0 Å². The van der Waals surface area contributed by atoms with Crippen LogP contribution in [0.25, 0.3) is 0 Å². The molecule has 0 aromatic carbocycles. The van der Waals surface area contributed by atoms with Gasteiger partial charge in [0.05, 0.1) is 18.8 Å². The number of carbonyl (C=O) groups is 1. The van der Waals surface area contributed by atoms with Crippen molar-refractivity contribution < 1.29 is 20.1 Å². The monoisotopic (exact) mass is 481 g/mol. The Morgan fingerprint density at radius 1 is 0.706 bits per heavy atom. The maximum atomic E-state index is 12.2. The molecule has 0 aliphatic carbocycles. The Labute approximate surface area is 210 Å². The summed E-state index contributed by atoms with van der Waals surface area (Å²) < 4.78 is 0. The van der Waals surface area contributed by atoms with Crippen LogP contribution in [0.2, 0.25) is 0 Å². The van der Waals surface area contributed by atoms with Crippen molar-refractivity contribution in [2.45, 2.75) is 148 Å². The molecular weight excluding hydrogens is 426 g/mol. The topological polar surface area (TPSA) is 89.8 Å². The highest BCUT2D eigenvalue weighted by Crippen LogP contribution is 2.12. The molecule has 0 saturated carbocycles. The fourth-order valence-electron chi connectivity index (χ4n) is 4.01. The maximum Gasteiger partial charge on any atom is 0.220 e. The predicted molar refractivity (Wildman–Crippen MR) is 144 cm³/mol. The number of unbranched alkanes of at least 4 members (excludes halogenated alkanes) is 12. The molecule has 200 valence electrons. The minimum Gasteiger partial charge on any atom is -0.394 e. The van der Waals surface area contributed by atoms with Crippen LogP contribution in [0.5, 0.6) is 0 Å². The quantitative estimate of drug-likeness (QED) is 0.0954. The summed E-state index contributed by atoms with van der Waals surface area (Å²) in [4.78, 5) is 12.2. The van der Waals surface area contributed by atoms with Gasteiger partial charge in [0.1, 0.15) is 6.10 Å². The van der Waals surface area contributed by atoms with E-state index in [2.05, 4.69) is 43.5 Å². The minimum atomic E-state index is -1.16. The molecule has 3 atom stereocenters. The molecule has 0 heterocycles. The zero-order chi connectivity index (χ0) is 25.3. The highest BCUT2D eigenvalue weighted by Gasteiger charge is 2.26. The van der Waals surface area contributed by atoms with Crippen molar-refractivity contribution in [1.29, 1.82) is 0 Å². The third kappa shape index (κ3) is 20.2. The number of nitrogens with one attached hydrogen (secondary N) is 1. The van der Waals surface area contributed by atoms with E-state index in [1.807, 2.05) is 0 Å². The smallest absolute Gasteiger partial charge is 0.220 e. The summed E-state index contributed by atoms with van der Waals surface area (Å²) in [6.45, 7) is 4.02. The third-order valence-electron chi connectivity index (χ3n) is 6.27. The van der Waals surface area contributed by atoms with E-state index in [0.717, 1.165) is 51.4 Å². The molecule has 5 heteroatoms. The van der Waals surface area contributed by atoms with Gasteiger partial charge in [0.2, 0.25) is 5.91 Å². The summed E-state index contributed by atoms with van der Waals surface area (Å²) in [5.74, 6) is -0.166. The molecule has 5 nitrogen and oxygen atoms in total. The zero-order valence-electron chi connectivity index (χ0n) is 22.2. The van der Waals surface area contributed by atoms with Crippen molar-refractivity contribution >= 4 is 5.91 Å². The van der Waals surface area contributed by atoms with Crippen molar-refractivity contribution in [3.8, 4) is 0 Å². The van der Waals surface area contributed by atoms with Gasteiger partial charge in [0, 0.05) is 6.42 Å². The molecule has 0 bridgehead atoms. The fourth-order valence-corrected chi connectivity index (χ4v) is 4.01. The largest absolute Gasteiger partial charge is 0.394 e. The summed E-state index contributed by atoms with van der Waals surface area (Å²) in [7, 11) is 0. The highest BCUT2D eigenvalue weighted by molar-refractivity contribution is 5.76. The number of allylic oxidation sites excluding steroid dienone is 4. The first-order chi connectivity index (χ1) is 16.6. The molecule has 0 saturated heterocycles. The van der Waals surface area contributed by atoms with Gasteiger partial charge >= 0.3 is 0 Å². The molecule has 0 aromatic rings. The molecule has 0 spiro atoms. The summed E-state index contributed by atoms with van der Waals surface area (Å²) in [6, 6.07) is -0.823. The minimum absolute atomic E-state index is 0.166. The van der Waals surface area contributed by atoms with Gasteiger partial charge in [-0.3, -0.25) is 4.79 Å².